The third kappa shape index (κ3) is 4.37. The average Bonchev–Trinajstić information content (AvgIpc) is 3.12. The van der Waals surface area contributed by atoms with E-state index < -0.39 is 0 Å². The standard InChI is InChI=1S/C28H27N3O3/c1-19-14-16-30(17-15-19)18-20-6-10-22(11-7-20)29-26(32)21-8-12-23(13-9-21)31-27(33)24-4-2-3-5-25(24)28(31)34/h2-13,19H,14-18H2,1H3,(H,29,32). The number of piperidine rings is 1. The normalized spacial score (nSPS) is 16.6. The van der Waals surface area contributed by atoms with Crippen molar-refractivity contribution >= 4 is 29.1 Å². The van der Waals surface area contributed by atoms with Crippen molar-refractivity contribution in [3.05, 3.63) is 95.1 Å². The van der Waals surface area contributed by atoms with Gasteiger partial charge in [0.1, 0.15) is 0 Å². The molecule has 0 unspecified atom stereocenters. The Morgan fingerprint density at radius 2 is 1.44 bits per heavy atom. The number of carbonyl (C=O) groups is 3. The number of nitrogens with zero attached hydrogens (tertiary/aromatic N) is 2. The minimum absolute atomic E-state index is 0.244. The Kier molecular flexibility index (Phi) is 5.99. The summed E-state index contributed by atoms with van der Waals surface area (Å²) in [6, 6.07) is 21.2. The Bertz CT molecular complexity index is 1190. The molecule has 0 aromatic heterocycles. The van der Waals surface area contributed by atoms with Crippen LogP contribution in [-0.2, 0) is 6.54 Å². The van der Waals surface area contributed by atoms with Crippen molar-refractivity contribution in [1.82, 2.24) is 4.90 Å². The second-order valence-electron chi connectivity index (χ2n) is 9.15. The Labute approximate surface area is 199 Å². The molecule has 1 N–H and O–H groups in total. The number of anilines is 2. The molecule has 0 aliphatic carbocycles. The van der Waals surface area contributed by atoms with Crippen LogP contribution in [0.2, 0.25) is 0 Å². The van der Waals surface area contributed by atoms with Gasteiger partial charge in [-0.05, 0) is 85.9 Å². The zero-order valence-electron chi connectivity index (χ0n) is 19.2. The van der Waals surface area contributed by atoms with E-state index in [1.54, 1.807) is 48.5 Å². The number of nitrogens with one attached hydrogen (secondary N) is 1. The summed E-state index contributed by atoms with van der Waals surface area (Å²) in [5.74, 6) is -0.129. The SMILES string of the molecule is CC1CCN(Cc2ccc(NC(=O)c3ccc(N4C(=O)c5ccccc5C4=O)cc3)cc2)CC1. The molecule has 2 aliphatic rings. The molecule has 3 aromatic rings. The van der Waals surface area contributed by atoms with Crippen LogP contribution in [0.4, 0.5) is 11.4 Å². The molecule has 1 fully saturated rings. The molecule has 0 bridgehead atoms. The summed E-state index contributed by atoms with van der Waals surface area (Å²) in [6.45, 7) is 5.51. The lowest BCUT2D eigenvalue weighted by Gasteiger charge is -2.30. The maximum Gasteiger partial charge on any atom is 0.266 e. The highest BCUT2D eigenvalue weighted by Gasteiger charge is 2.36. The van der Waals surface area contributed by atoms with Gasteiger partial charge in [-0.1, -0.05) is 31.2 Å². The van der Waals surface area contributed by atoms with Gasteiger partial charge in [-0.25, -0.2) is 4.90 Å². The van der Waals surface area contributed by atoms with Crippen molar-refractivity contribution in [2.24, 2.45) is 5.92 Å². The average molecular weight is 454 g/mol. The lowest BCUT2D eigenvalue weighted by molar-refractivity contribution is 0.0925. The fraction of sp³-hybridized carbons (Fsp3) is 0.250. The Hall–Kier alpha value is -3.77. The van der Waals surface area contributed by atoms with Gasteiger partial charge < -0.3 is 5.32 Å². The molecule has 2 aliphatic heterocycles. The summed E-state index contributed by atoms with van der Waals surface area (Å²) >= 11 is 0. The van der Waals surface area contributed by atoms with Gasteiger partial charge in [0.15, 0.2) is 0 Å². The van der Waals surface area contributed by atoms with E-state index in [9.17, 15) is 14.4 Å². The molecule has 2 heterocycles. The van der Waals surface area contributed by atoms with Gasteiger partial charge in [-0.2, -0.15) is 0 Å². The molecule has 5 rings (SSSR count). The van der Waals surface area contributed by atoms with Crippen LogP contribution in [0.3, 0.4) is 0 Å². The van der Waals surface area contributed by atoms with Crippen LogP contribution in [0.1, 0.15) is 56.4 Å². The van der Waals surface area contributed by atoms with Crippen molar-refractivity contribution < 1.29 is 14.4 Å². The Morgan fingerprint density at radius 3 is 2.03 bits per heavy atom. The maximum absolute atomic E-state index is 12.7. The first kappa shape index (κ1) is 22.0. The fourth-order valence-corrected chi connectivity index (χ4v) is 4.56. The van der Waals surface area contributed by atoms with Gasteiger partial charge in [-0.3, -0.25) is 19.3 Å². The molecule has 1 saturated heterocycles. The van der Waals surface area contributed by atoms with Gasteiger partial charge >= 0.3 is 0 Å². The predicted octanol–water partition coefficient (Wildman–Crippen LogP) is 4.97. The molecule has 3 aromatic carbocycles. The van der Waals surface area contributed by atoms with Crippen molar-refractivity contribution in [2.75, 3.05) is 23.3 Å². The molecular formula is C28H27N3O3. The highest BCUT2D eigenvalue weighted by molar-refractivity contribution is 6.34. The molecule has 0 atom stereocenters. The van der Waals surface area contributed by atoms with E-state index in [0.29, 0.717) is 22.4 Å². The molecule has 0 saturated carbocycles. The number of imide groups is 1. The number of fused-ring (bicyclic) bond motifs is 1. The molecular weight excluding hydrogens is 426 g/mol. The van der Waals surface area contributed by atoms with E-state index in [1.807, 2.05) is 12.1 Å². The number of benzene rings is 3. The Balaban J connectivity index is 1.21. The van der Waals surface area contributed by atoms with E-state index in [0.717, 1.165) is 36.1 Å². The van der Waals surface area contributed by atoms with Crippen molar-refractivity contribution in [3.63, 3.8) is 0 Å². The summed E-state index contributed by atoms with van der Waals surface area (Å²) in [5, 5.41) is 2.92. The number of rotatable bonds is 5. The lowest BCUT2D eigenvalue weighted by Crippen LogP contribution is -2.32. The zero-order chi connectivity index (χ0) is 23.7. The monoisotopic (exact) mass is 453 g/mol. The molecule has 34 heavy (non-hydrogen) atoms. The summed E-state index contributed by atoms with van der Waals surface area (Å²) in [7, 11) is 0. The molecule has 3 amide bonds. The first-order valence-corrected chi connectivity index (χ1v) is 11.7. The number of carbonyl (C=O) groups excluding carboxylic acids is 3. The van der Waals surface area contributed by atoms with E-state index in [1.165, 1.54) is 18.4 Å². The van der Waals surface area contributed by atoms with E-state index in [2.05, 4.69) is 29.3 Å². The van der Waals surface area contributed by atoms with Gasteiger partial charge in [0.2, 0.25) is 0 Å². The summed E-state index contributed by atoms with van der Waals surface area (Å²) < 4.78 is 0. The number of hydrogen-bond donors (Lipinski definition) is 1. The van der Waals surface area contributed by atoms with Gasteiger partial charge in [0.25, 0.3) is 17.7 Å². The van der Waals surface area contributed by atoms with Gasteiger partial charge in [0, 0.05) is 17.8 Å². The first-order chi connectivity index (χ1) is 16.5. The minimum Gasteiger partial charge on any atom is -0.322 e. The van der Waals surface area contributed by atoms with Crippen LogP contribution >= 0.6 is 0 Å². The smallest absolute Gasteiger partial charge is 0.266 e. The second kappa shape index (κ2) is 9.23. The molecule has 6 nitrogen and oxygen atoms in total. The molecule has 6 heteroatoms. The van der Waals surface area contributed by atoms with Crippen LogP contribution in [0.5, 0.6) is 0 Å². The quantitative estimate of drug-likeness (QED) is 0.554. The van der Waals surface area contributed by atoms with Crippen LogP contribution in [0, 0.1) is 5.92 Å². The van der Waals surface area contributed by atoms with Crippen molar-refractivity contribution in [3.8, 4) is 0 Å². The van der Waals surface area contributed by atoms with E-state index in [-0.39, 0.29) is 17.7 Å². The molecule has 172 valence electrons. The zero-order valence-corrected chi connectivity index (χ0v) is 19.2. The first-order valence-electron chi connectivity index (χ1n) is 11.7. The lowest BCUT2D eigenvalue weighted by atomic mass is 9.99. The van der Waals surface area contributed by atoms with Crippen LogP contribution in [0.25, 0.3) is 0 Å². The van der Waals surface area contributed by atoms with Crippen LogP contribution < -0.4 is 10.2 Å². The van der Waals surface area contributed by atoms with Crippen molar-refractivity contribution in [2.45, 2.75) is 26.3 Å². The third-order valence-corrected chi connectivity index (χ3v) is 6.68. The molecule has 0 spiro atoms. The molecule has 0 radical (unpaired) electrons. The van der Waals surface area contributed by atoms with Gasteiger partial charge in [-0.15, -0.1) is 0 Å². The predicted molar refractivity (Wildman–Crippen MR) is 132 cm³/mol. The third-order valence-electron chi connectivity index (χ3n) is 6.68. The van der Waals surface area contributed by atoms with E-state index in [4.69, 9.17) is 0 Å². The number of amides is 3. The van der Waals surface area contributed by atoms with Gasteiger partial charge in [0.05, 0.1) is 16.8 Å². The largest absolute Gasteiger partial charge is 0.322 e. The van der Waals surface area contributed by atoms with Crippen LogP contribution in [0.15, 0.2) is 72.8 Å². The summed E-state index contributed by atoms with van der Waals surface area (Å²) in [5.41, 5.74) is 3.65. The summed E-state index contributed by atoms with van der Waals surface area (Å²) in [4.78, 5) is 41.7. The summed E-state index contributed by atoms with van der Waals surface area (Å²) in [6.07, 6.45) is 2.50. The van der Waals surface area contributed by atoms with E-state index >= 15 is 0 Å². The second-order valence-corrected chi connectivity index (χ2v) is 9.15. The number of hydrogen-bond acceptors (Lipinski definition) is 4. The van der Waals surface area contributed by atoms with Crippen molar-refractivity contribution in [1.29, 1.82) is 0 Å². The fourth-order valence-electron chi connectivity index (χ4n) is 4.56. The Morgan fingerprint density at radius 1 is 0.853 bits per heavy atom. The van der Waals surface area contributed by atoms with Crippen LogP contribution in [-0.4, -0.2) is 35.7 Å². The highest BCUT2D eigenvalue weighted by atomic mass is 16.2. The maximum atomic E-state index is 12.7. The number of likely N-dealkylation sites (tertiary alicyclic amines) is 1. The minimum atomic E-state index is -0.350. The highest BCUT2D eigenvalue weighted by Crippen LogP contribution is 2.28. The topological polar surface area (TPSA) is 69.7 Å².